The van der Waals surface area contributed by atoms with Crippen molar-refractivity contribution in [1.29, 1.82) is 0 Å². The molecule has 126 valence electrons. The van der Waals surface area contributed by atoms with Crippen LogP contribution in [-0.2, 0) is 9.16 Å². The van der Waals surface area contributed by atoms with Crippen LogP contribution in [-0.4, -0.2) is 34.1 Å². The fourth-order valence-corrected chi connectivity index (χ4v) is 2.99. The van der Waals surface area contributed by atoms with Gasteiger partial charge in [-0.3, -0.25) is 4.90 Å². The summed E-state index contributed by atoms with van der Waals surface area (Å²) in [5, 5.41) is 0.0500. The van der Waals surface area contributed by atoms with Crippen LogP contribution >= 0.6 is 15.9 Å². The van der Waals surface area contributed by atoms with E-state index < -0.39 is 23.6 Å². The van der Waals surface area contributed by atoms with Crippen molar-refractivity contribution in [1.82, 2.24) is 0 Å². The molecule has 0 aliphatic carbocycles. The summed E-state index contributed by atoms with van der Waals surface area (Å²) < 4.78 is 25.5. The first-order chi connectivity index (χ1) is 10.5. The van der Waals surface area contributed by atoms with E-state index in [0.717, 1.165) is 0 Å². The SMILES string of the molecule is CC(C)(C)[Si]OC(C)(C)[C@@H]1CN(c2ccc(Br)c(F)c2)C(=O)O1. The van der Waals surface area contributed by atoms with E-state index in [-0.39, 0.29) is 5.04 Å². The van der Waals surface area contributed by atoms with E-state index in [1.807, 2.05) is 13.8 Å². The number of carbonyl (C=O) groups excluding carboxylic acids is 1. The molecule has 1 heterocycles. The molecule has 1 fully saturated rings. The summed E-state index contributed by atoms with van der Waals surface area (Å²) in [6.07, 6.45) is -0.885. The van der Waals surface area contributed by atoms with Gasteiger partial charge >= 0.3 is 6.09 Å². The van der Waals surface area contributed by atoms with Crippen LogP contribution in [0.3, 0.4) is 0 Å². The zero-order valence-corrected chi connectivity index (χ0v) is 16.5. The molecule has 7 heteroatoms. The number of ether oxygens (including phenoxy) is 1. The number of cyclic esters (lactones) is 1. The largest absolute Gasteiger partial charge is 0.441 e. The molecule has 1 atom stereocenters. The number of hydrogen-bond acceptors (Lipinski definition) is 3. The first kappa shape index (κ1) is 18.4. The molecule has 0 N–H and O–H groups in total. The Bertz CT molecular complexity index is 603. The summed E-state index contributed by atoms with van der Waals surface area (Å²) in [4.78, 5) is 13.6. The van der Waals surface area contributed by atoms with Crippen LogP contribution in [0.15, 0.2) is 22.7 Å². The maximum Gasteiger partial charge on any atom is 0.414 e. The zero-order valence-electron chi connectivity index (χ0n) is 13.9. The summed E-state index contributed by atoms with van der Waals surface area (Å²) in [6, 6.07) is 4.58. The Balaban J connectivity index is 2.11. The van der Waals surface area contributed by atoms with Gasteiger partial charge in [0.05, 0.1) is 22.3 Å². The van der Waals surface area contributed by atoms with Gasteiger partial charge in [0.1, 0.15) is 11.9 Å². The van der Waals surface area contributed by atoms with Crippen molar-refractivity contribution in [3.05, 3.63) is 28.5 Å². The fourth-order valence-electron chi connectivity index (χ4n) is 2.04. The van der Waals surface area contributed by atoms with Gasteiger partial charge in [-0.2, -0.15) is 0 Å². The van der Waals surface area contributed by atoms with E-state index in [9.17, 15) is 9.18 Å². The van der Waals surface area contributed by atoms with Gasteiger partial charge < -0.3 is 9.16 Å². The lowest BCUT2D eigenvalue weighted by atomic mass is 10.0. The van der Waals surface area contributed by atoms with Gasteiger partial charge in [0.15, 0.2) is 0 Å². The Morgan fingerprint density at radius 1 is 1.35 bits per heavy atom. The topological polar surface area (TPSA) is 38.8 Å². The first-order valence-electron chi connectivity index (χ1n) is 7.38. The van der Waals surface area contributed by atoms with Crippen molar-refractivity contribution in [3.8, 4) is 0 Å². The Morgan fingerprint density at radius 3 is 2.57 bits per heavy atom. The second-order valence-corrected chi connectivity index (χ2v) is 9.90. The van der Waals surface area contributed by atoms with E-state index in [2.05, 4.69) is 36.7 Å². The minimum Gasteiger partial charge on any atom is -0.441 e. The monoisotopic (exact) mass is 401 g/mol. The van der Waals surface area contributed by atoms with Crippen molar-refractivity contribution in [2.24, 2.45) is 0 Å². The highest BCUT2D eigenvalue weighted by Gasteiger charge is 2.43. The molecule has 1 aliphatic heterocycles. The first-order valence-corrected chi connectivity index (χ1v) is 9.08. The summed E-state index contributed by atoms with van der Waals surface area (Å²) in [6.45, 7) is 10.4. The number of hydrogen-bond donors (Lipinski definition) is 0. The Kier molecular flexibility index (Phi) is 5.23. The number of nitrogens with zero attached hydrogens (tertiary/aromatic N) is 1. The number of carbonyl (C=O) groups is 1. The number of halogens is 2. The normalized spacial score (nSPS) is 19.2. The molecule has 0 unspecified atom stereocenters. The highest BCUT2D eigenvalue weighted by molar-refractivity contribution is 9.10. The number of amides is 1. The Hall–Kier alpha value is -0.923. The van der Waals surface area contributed by atoms with Crippen molar-refractivity contribution in [2.45, 2.75) is 51.4 Å². The highest BCUT2D eigenvalue weighted by Crippen LogP contribution is 2.32. The third kappa shape index (κ3) is 4.55. The van der Waals surface area contributed by atoms with Crippen molar-refractivity contribution < 1.29 is 18.3 Å². The average molecular weight is 402 g/mol. The van der Waals surface area contributed by atoms with E-state index >= 15 is 0 Å². The van der Waals surface area contributed by atoms with Gasteiger partial charge in [-0.05, 0) is 53.0 Å². The third-order valence-electron chi connectivity index (χ3n) is 3.42. The molecule has 0 saturated carbocycles. The van der Waals surface area contributed by atoms with Crippen molar-refractivity contribution in [2.75, 3.05) is 11.4 Å². The van der Waals surface area contributed by atoms with Crippen LogP contribution in [0.5, 0.6) is 0 Å². The van der Waals surface area contributed by atoms with E-state index in [1.54, 1.807) is 12.1 Å². The lowest BCUT2D eigenvalue weighted by molar-refractivity contribution is -0.0133. The molecule has 1 aliphatic rings. The third-order valence-corrected chi connectivity index (χ3v) is 5.31. The second-order valence-electron chi connectivity index (χ2n) is 7.14. The Morgan fingerprint density at radius 2 is 2.00 bits per heavy atom. The van der Waals surface area contributed by atoms with Gasteiger partial charge in [0.25, 0.3) is 0 Å². The standard InChI is InChI=1S/C16H21BrFNO3Si/c1-15(2,3)23-22-16(4,5)13-9-19(14(20)21-13)10-6-7-11(17)12(18)8-10/h6-8,13H,9H2,1-5H3/t13-/m0/s1. The lowest BCUT2D eigenvalue weighted by Gasteiger charge is -2.32. The van der Waals surface area contributed by atoms with E-state index in [4.69, 9.17) is 9.16 Å². The zero-order chi connectivity index (χ0) is 17.4. The molecule has 1 saturated heterocycles. The second kappa shape index (κ2) is 6.53. The van der Waals surface area contributed by atoms with Gasteiger partial charge in [-0.25, -0.2) is 9.18 Å². The number of benzene rings is 1. The van der Waals surface area contributed by atoms with Crippen LogP contribution < -0.4 is 4.90 Å². The summed E-state index contributed by atoms with van der Waals surface area (Å²) in [5.74, 6) is -0.413. The van der Waals surface area contributed by atoms with Gasteiger partial charge in [0.2, 0.25) is 9.76 Å². The summed E-state index contributed by atoms with van der Waals surface area (Å²) >= 11 is 3.11. The van der Waals surface area contributed by atoms with Crippen LogP contribution in [0.1, 0.15) is 34.6 Å². The Labute approximate surface area is 147 Å². The van der Waals surface area contributed by atoms with Crippen LogP contribution in [0.2, 0.25) is 5.04 Å². The number of rotatable bonds is 4. The van der Waals surface area contributed by atoms with Gasteiger partial charge in [-0.1, -0.05) is 20.8 Å². The molecule has 0 spiro atoms. The molecular weight excluding hydrogens is 381 g/mol. The predicted molar refractivity (Wildman–Crippen MR) is 92.3 cm³/mol. The molecule has 0 aromatic heterocycles. The maximum atomic E-state index is 13.7. The van der Waals surface area contributed by atoms with E-state index in [0.29, 0.717) is 26.5 Å². The average Bonchev–Trinajstić information content (AvgIpc) is 2.82. The molecule has 2 radical (unpaired) electrons. The van der Waals surface area contributed by atoms with Crippen molar-refractivity contribution in [3.63, 3.8) is 0 Å². The fraction of sp³-hybridized carbons (Fsp3) is 0.562. The maximum absolute atomic E-state index is 13.7. The lowest BCUT2D eigenvalue weighted by Crippen LogP contribution is -2.43. The molecule has 4 nitrogen and oxygen atoms in total. The molecular formula is C16H21BrFNO3Si. The van der Waals surface area contributed by atoms with Crippen LogP contribution in [0, 0.1) is 5.82 Å². The van der Waals surface area contributed by atoms with Crippen LogP contribution in [0.25, 0.3) is 0 Å². The molecule has 0 bridgehead atoms. The minimum absolute atomic E-state index is 0.0500. The highest BCUT2D eigenvalue weighted by atomic mass is 79.9. The van der Waals surface area contributed by atoms with Gasteiger partial charge in [-0.15, -0.1) is 0 Å². The smallest absolute Gasteiger partial charge is 0.414 e. The van der Waals surface area contributed by atoms with E-state index in [1.165, 1.54) is 11.0 Å². The molecule has 1 aromatic rings. The summed E-state index contributed by atoms with van der Waals surface area (Å²) in [7, 11) is 0.291. The number of anilines is 1. The molecule has 1 aromatic carbocycles. The molecule has 23 heavy (non-hydrogen) atoms. The quantitative estimate of drug-likeness (QED) is 0.694. The minimum atomic E-state index is -0.607. The predicted octanol–water partition coefficient (Wildman–Crippen LogP) is 4.55. The molecule has 1 amide bonds. The molecule has 2 rings (SSSR count). The van der Waals surface area contributed by atoms with Gasteiger partial charge in [0, 0.05) is 0 Å². The summed E-state index contributed by atoms with van der Waals surface area (Å²) in [5.41, 5.74) is -0.128. The van der Waals surface area contributed by atoms with Crippen molar-refractivity contribution >= 4 is 37.5 Å². The van der Waals surface area contributed by atoms with Crippen LogP contribution in [0.4, 0.5) is 14.9 Å².